The number of ether oxygens (including phenoxy) is 1. The molecule has 1 aromatic rings. The van der Waals surface area contributed by atoms with E-state index in [4.69, 9.17) is 4.74 Å². The van der Waals surface area contributed by atoms with Crippen LogP contribution in [0, 0.1) is 0 Å². The van der Waals surface area contributed by atoms with Gasteiger partial charge in [-0.25, -0.2) is 4.79 Å². The van der Waals surface area contributed by atoms with E-state index in [1.54, 1.807) is 30.7 Å². The maximum Gasteiger partial charge on any atom is 0.327 e. The number of carboxylic acids is 1. The third kappa shape index (κ3) is 2.86. The van der Waals surface area contributed by atoms with Crippen LogP contribution in [0.3, 0.4) is 0 Å². The van der Waals surface area contributed by atoms with E-state index < -0.39 is 51.9 Å². The van der Waals surface area contributed by atoms with E-state index in [-0.39, 0.29) is 0 Å². The molecule has 2 aliphatic heterocycles. The second kappa shape index (κ2) is 6.58. The van der Waals surface area contributed by atoms with Crippen molar-refractivity contribution >= 4 is 46.9 Å². The summed E-state index contributed by atoms with van der Waals surface area (Å²) in [4.78, 5) is 49.9. The predicted molar refractivity (Wildman–Crippen MR) is 94.7 cm³/mol. The highest BCUT2D eigenvalue weighted by Crippen LogP contribution is 2.50. The van der Waals surface area contributed by atoms with Crippen LogP contribution in [0.25, 0.3) is 0 Å². The van der Waals surface area contributed by atoms with Crippen LogP contribution in [0.1, 0.15) is 25.3 Å². The molecule has 3 heterocycles. The number of thiophene rings is 1. The Kier molecular flexibility index (Phi) is 4.74. The average Bonchev–Trinajstić information content (AvgIpc) is 3.17. The summed E-state index contributed by atoms with van der Waals surface area (Å²) in [5, 5.41) is 15.0. The molecule has 2 fully saturated rings. The van der Waals surface area contributed by atoms with Gasteiger partial charge in [0.2, 0.25) is 11.8 Å². The van der Waals surface area contributed by atoms with Crippen LogP contribution in [-0.4, -0.2) is 63.1 Å². The lowest BCUT2D eigenvalue weighted by molar-refractivity contribution is -0.161. The van der Waals surface area contributed by atoms with Crippen molar-refractivity contribution < 1.29 is 29.0 Å². The van der Waals surface area contributed by atoms with Gasteiger partial charge in [0.25, 0.3) is 0 Å². The lowest BCUT2D eigenvalue weighted by Crippen LogP contribution is -2.71. The molecule has 2 N–H and O–H groups in total. The second-order valence-corrected chi connectivity index (χ2v) is 9.15. The summed E-state index contributed by atoms with van der Waals surface area (Å²) in [5.74, 6) is -4.04. The zero-order valence-corrected chi connectivity index (χ0v) is 15.9. The quantitative estimate of drug-likeness (QED) is 0.425. The fraction of sp³-hybridized carbons (Fsp3) is 0.500. The summed E-state index contributed by atoms with van der Waals surface area (Å²) in [5.41, 5.74) is 0.491. The van der Waals surface area contributed by atoms with E-state index in [0.717, 1.165) is 0 Å². The highest BCUT2D eigenvalue weighted by Gasteiger charge is 2.64. The van der Waals surface area contributed by atoms with E-state index in [2.05, 4.69) is 5.32 Å². The molecule has 8 nitrogen and oxygen atoms in total. The number of amides is 2. The number of thioether (sulfide) groups is 1. The summed E-state index contributed by atoms with van der Waals surface area (Å²) >= 11 is 2.67. The van der Waals surface area contributed by atoms with Crippen molar-refractivity contribution in [3.63, 3.8) is 0 Å². The van der Waals surface area contributed by atoms with Crippen molar-refractivity contribution in [2.75, 3.05) is 7.11 Å². The Morgan fingerprint density at radius 1 is 1.38 bits per heavy atom. The summed E-state index contributed by atoms with van der Waals surface area (Å²) in [7, 11) is 1.19. The summed E-state index contributed by atoms with van der Waals surface area (Å²) in [6.07, 6.45) is 0. The zero-order chi connectivity index (χ0) is 19.2. The minimum absolute atomic E-state index is 0.456. The Bertz CT molecular complexity index is 763. The first-order valence-corrected chi connectivity index (χ1v) is 9.64. The largest absolute Gasteiger partial charge is 0.480 e. The second-order valence-electron chi connectivity index (χ2n) is 6.60. The molecular formula is C16H18N2O6S2. The number of nitrogens with zero attached hydrogens (tertiary/aromatic N) is 1. The molecule has 0 saturated carbocycles. The summed E-state index contributed by atoms with van der Waals surface area (Å²) in [6.45, 7) is 3.51. The fourth-order valence-corrected chi connectivity index (χ4v) is 5.65. The number of fused-ring (bicyclic) bond motifs is 1. The van der Waals surface area contributed by atoms with Gasteiger partial charge in [0.05, 0.1) is 7.11 Å². The van der Waals surface area contributed by atoms with Crippen LogP contribution in [0.15, 0.2) is 16.8 Å². The minimum atomic E-state index is -1.16. The molecule has 0 aliphatic carbocycles. The van der Waals surface area contributed by atoms with E-state index >= 15 is 0 Å². The van der Waals surface area contributed by atoms with Crippen molar-refractivity contribution in [3.05, 3.63) is 22.4 Å². The van der Waals surface area contributed by atoms with Crippen LogP contribution in [-0.2, 0) is 23.9 Å². The molecule has 2 amide bonds. The third-order valence-corrected chi connectivity index (χ3v) is 6.82. The molecule has 0 radical (unpaired) electrons. The first-order valence-electron chi connectivity index (χ1n) is 7.82. The molecule has 10 heteroatoms. The van der Waals surface area contributed by atoms with Gasteiger partial charge >= 0.3 is 11.9 Å². The van der Waals surface area contributed by atoms with Crippen molar-refractivity contribution in [1.29, 1.82) is 0 Å². The Morgan fingerprint density at radius 3 is 2.62 bits per heavy atom. The smallest absolute Gasteiger partial charge is 0.327 e. The fourth-order valence-electron chi connectivity index (χ4n) is 3.33. The number of β-lactam (4-membered cyclic amide) rings is 1. The number of rotatable bonds is 5. The van der Waals surface area contributed by atoms with E-state index in [9.17, 15) is 24.3 Å². The zero-order valence-electron chi connectivity index (χ0n) is 14.3. The molecular weight excluding hydrogens is 380 g/mol. The summed E-state index contributed by atoms with van der Waals surface area (Å²) in [6, 6.07) is -0.164. The van der Waals surface area contributed by atoms with Gasteiger partial charge in [-0.3, -0.25) is 14.4 Å². The number of carboxylic acid groups (broad SMARTS) is 1. The summed E-state index contributed by atoms with van der Waals surface area (Å²) < 4.78 is 4.03. The molecule has 140 valence electrons. The van der Waals surface area contributed by atoms with Crippen LogP contribution in [0.2, 0.25) is 0 Å². The number of aliphatic carboxylic acids is 1. The van der Waals surface area contributed by atoms with Gasteiger partial charge in [-0.05, 0) is 36.2 Å². The van der Waals surface area contributed by atoms with Gasteiger partial charge in [-0.1, -0.05) is 0 Å². The van der Waals surface area contributed by atoms with Crippen LogP contribution < -0.4 is 5.32 Å². The van der Waals surface area contributed by atoms with E-state index in [0.29, 0.717) is 5.56 Å². The number of carbonyl (C=O) groups is 4. The Hall–Kier alpha value is -2.07. The number of methoxy groups -OCH3 is 1. The lowest BCUT2D eigenvalue weighted by Gasteiger charge is -2.43. The van der Waals surface area contributed by atoms with Crippen LogP contribution in [0.5, 0.6) is 0 Å². The normalized spacial score (nSPS) is 27.3. The molecule has 2 aliphatic rings. The third-order valence-electron chi connectivity index (χ3n) is 4.55. The molecule has 0 bridgehead atoms. The van der Waals surface area contributed by atoms with Gasteiger partial charge in [-0.2, -0.15) is 11.3 Å². The lowest BCUT2D eigenvalue weighted by atomic mass is 9.95. The van der Waals surface area contributed by atoms with E-state index in [1.165, 1.54) is 35.1 Å². The van der Waals surface area contributed by atoms with Crippen molar-refractivity contribution in [2.24, 2.45) is 0 Å². The molecule has 2 saturated heterocycles. The SMILES string of the molecule is COC(=O)C(C(=O)N[C@H]1C(=O)N2[C@@H]1SC(C)(C)[C@@H]2C(=O)O)c1ccsc1. The Labute approximate surface area is 157 Å². The Balaban J connectivity index is 1.78. The number of carbonyl (C=O) groups excluding carboxylic acids is 3. The molecule has 3 rings (SSSR count). The molecule has 1 unspecified atom stereocenters. The van der Waals surface area contributed by atoms with Crippen molar-refractivity contribution in [2.45, 2.75) is 42.0 Å². The predicted octanol–water partition coefficient (Wildman–Crippen LogP) is 0.636. The van der Waals surface area contributed by atoms with Crippen LogP contribution in [0.4, 0.5) is 0 Å². The average molecular weight is 398 g/mol. The maximum absolute atomic E-state index is 12.7. The molecule has 0 spiro atoms. The molecule has 0 aromatic carbocycles. The van der Waals surface area contributed by atoms with Gasteiger partial charge in [-0.15, -0.1) is 11.8 Å². The first kappa shape index (κ1) is 18.7. The molecule has 4 atom stereocenters. The van der Waals surface area contributed by atoms with Gasteiger partial charge < -0.3 is 20.1 Å². The van der Waals surface area contributed by atoms with Crippen molar-refractivity contribution in [1.82, 2.24) is 10.2 Å². The maximum atomic E-state index is 12.7. The highest BCUT2D eigenvalue weighted by atomic mass is 32.2. The standard InChI is InChI=1S/C16H18N2O6S2/c1-16(2)10(14(21)22)18-12(20)9(13(18)26-16)17-11(19)8(15(23)24-3)7-4-5-25-6-7/h4-6,8-10,13H,1-3H3,(H,17,19)(H,21,22)/t8?,9-,10-,13+/m0/s1. The van der Waals surface area contributed by atoms with Crippen LogP contribution >= 0.6 is 23.1 Å². The van der Waals surface area contributed by atoms with Crippen molar-refractivity contribution in [3.8, 4) is 0 Å². The number of hydrogen-bond acceptors (Lipinski definition) is 7. The first-order chi connectivity index (χ1) is 12.2. The van der Waals surface area contributed by atoms with Gasteiger partial charge in [0.1, 0.15) is 17.5 Å². The Morgan fingerprint density at radius 2 is 2.08 bits per heavy atom. The monoisotopic (exact) mass is 398 g/mol. The minimum Gasteiger partial charge on any atom is -0.480 e. The highest BCUT2D eigenvalue weighted by molar-refractivity contribution is 8.01. The molecule has 26 heavy (non-hydrogen) atoms. The number of esters is 1. The van der Waals surface area contributed by atoms with Gasteiger partial charge in [0.15, 0.2) is 5.92 Å². The topological polar surface area (TPSA) is 113 Å². The number of hydrogen-bond donors (Lipinski definition) is 2. The molecule has 1 aromatic heterocycles. The van der Waals surface area contributed by atoms with Gasteiger partial charge in [0, 0.05) is 4.75 Å². The number of nitrogens with one attached hydrogen (secondary N) is 1. The van der Waals surface area contributed by atoms with E-state index in [1.807, 2.05) is 0 Å².